The summed E-state index contributed by atoms with van der Waals surface area (Å²) >= 11 is 12.9. The number of hydrogen-bond donors (Lipinski definition) is 0. The predicted molar refractivity (Wildman–Crippen MR) is 122 cm³/mol. The van der Waals surface area contributed by atoms with Gasteiger partial charge in [-0.2, -0.15) is 0 Å². The number of benzene rings is 2. The highest BCUT2D eigenvalue weighted by Gasteiger charge is 2.56. The second-order valence-electron chi connectivity index (χ2n) is 8.85. The summed E-state index contributed by atoms with van der Waals surface area (Å²) in [5, 5.41) is 0.855. The van der Waals surface area contributed by atoms with Gasteiger partial charge in [0.05, 0.1) is 41.1 Å². The van der Waals surface area contributed by atoms with E-state index in [1.165, 1.54) is 5.56 Å². The van der Waals surface area contributed by atoms with Gasteiger partial charge in [-0.05, 0) is 48.1 Å². The number of amides is 1. The van der Waals surface area contributed by atoms with Gasteiger partial charge in [0.1, 0.15) is 5.75 Å². The van der Waals surface area contributed by atoms with Gasteiger partial charge in [-0.25, -0.2) is 0 Å². The molecule has 1 fully saturated rings. The molecule has 2 heterocycles. The number of hydrogen-bond acceptors (Lipinski definition) is 4. The molecule has 2 aliphatic heterocycles. The number of nitrogens with zero attached hydrogens (tertiary/aromatic N) is 1. The molecule has 7 heteroatoms. The molecule has 0 saturated carbocycles. The quantitative estimate of drug-likeness (QED) is 0.533. The van der Waals surface area contributed by atoms with E-state index in [4.69, 9.17) is 37.4 Å². The lowest BCUT2D eigenvalue weighted by atomic mass is 9.87. The van der Waals surface area contributed by atoms with Crippen molar-refractivity contribution < 1.29 is 19.0 Å². The van der Waals surface area contributed by atoms with Crippen LogP contribution in [0.1, 0.15) is 44.7 Å². The monoisotopic (exact) mass is 463 g/mol. The van der Waals surface area contributed by atoms with Crippen LogP contribution in [0, 0.1) is 0 Å². The molecule has 31 heavy (non-hydrogen) atoms. The molecule has 2 aromatic rings. The topological polar surface area (TPSA) is 48.0 Å². The van der Waals surface area contributed by atoms with E-state index in [0.29, 0.717) is 54.1 Å². The van der Waals surface area contributed by atoms with Crippen molar-refractivity contribution in [3.63, 3.8) is 0 Å². The Kier molecular flexibility index (Phi) is 6.23. The second kappa shape index (κ2) is 8.62. The summed E-state index contributed by atoms with van der Waals surface area (Å²) < 4.78 is 17.6. The van der Waals surface area contributed by atoms with Crippen LogP contribution in [-0.4, -0.2) is 32.3 Å². The lowest BCUT2D eigenvalue weighted by Crippen LogP contribution is -2.47. The van der Waals surface area contributed by atoms with Crippen LogP contribution in [0.4, 0.5) is 5.69 Å². The van der Waals surface area contributed by atoms with Crippen LogP contribution in [0.3, 0.4) is 0 Å². The van der Waals surface area contributed by atoms with Gasteiger partial charge >= 0.3 is 0 Å². The molecule has 0 N–H and O–H groups in total. The van der Waals surface area contributed by atoms with Crippen molar-refractivity contribution in [2.24, 2.45) is 0 Å². The molecule has 0 atom stereocenters. The van der Waals surface area contributed by atoms with Crippen LogP contribution in [0.2, 0.25) is 10.0 Å². The van der Waals surface area contributed by atoms with Gasteiger partial charge < -0.3 is 19.1 Å². The fourth-order valence-electron chi connectivity index (χ4n) is 3.98. The summed E-state index contributed by atoms with van der Waals surface area (Å²) in [5.74, 6) is -0.983. The number of rotatable bonds is 5. The maximum Gasteiger partial charge on any atom is 0.292 e. The number of carbonyl (C=O) groups is 1. The first-order valence-corrected chi connectivity index (χ1v) is 11.3. The average molecular weight is 464 g/mol. The van der Waals surface area contributed by atoms with E-state index in [1.807, 2.05) is 12.1 Å². The largest absolute Gasteiger partial charge is 0.494 e. The van der Waals surface area contributed by atoms with Crippen LogP contribution in [0.25, 0.3) is 0 Å². The number of halogens is 2. The zero-order valence-corrected chi connectivity index (χ0v) is 19.6. The van der Waals surface area contributed by atoms with Crippen molar-refractivity contribution in [2.75, 3.05) is 31.3 Å². The minimum Gasteiger partial charge on any atom is -0.494 e. The average Bonchev–Trinajstić information content (AvgIpc) is 2.98. The van der Waals surface area contributed by atoms with E-state index in [0.717, 1.165) is 12.2 Å². The molecule has 1 spiro atoms. The zero-order valence-electron chi connectivity index (χ0n) is 18.0. The van der Waals surface area contributed by atoms with Gasteiger partial charge in [-0.3, -0.25) is 4.79 Å². The lowest BCUT2D eigenvalue weighted by Gasteiger charge is -2.32. The van der Waals surface area contributed by atoms with E-state index in [-0.39, 0.29) is 11.3 Å². The standard InChI is InChI=1S/C24H27Cl2NO4/c1-23(2,3)16-6-8-17(9-7-16)29-13-4-12-27-21-19(26)11-10-18(25)20(21)24(22(27)28)30-14-5-15-31-24/h6-11H,4-5,12-15H2,1-3H3. The Bertz CT molecular complexity index is 963. The SMILES string of the molecule is CC(C)(C)c1ccc(OCCCN2C(=O)C3(OCCCO3)c3c(Cl)ccc(Cl)c32)cc1. The molecule has 1 amide bonds. The molecular formula is C24H27Cl2NO4. The molecule has 5 nitrogen and oxygen atoms in total. The molecule has 0 bridgehead atoms. The fraction of sp³-hybridized carbons (Fsp3) is 0.458. The van der Waals surface area contributed by atoms with E-state index < -0.39 is 5.79 Å². The summed E-state index contributed by atoms with van der Waals surface area (Å²) in [5.41, 5.74) is 2.42. The van der Waals surface area contributed by atoms with Crippen LogP contribution in [0.5, 0.6) is 5.75 Å². The number of anilines is 1. The van der Waals surface area contributed by atoms with Gasteiger partial charge in [0.25, 0.3) is 11.7 Å². The molecule has 4 rings (SSSR count). The third-order valence-electron chi connectivity index (χ3n) is 5.62. The van der Waals surface area contributed by atoms with E-state index >= 15 is 0 Å². The summed E-state index contributed by atoms with van der Waals surface area (Å²) in [4.78, 5) is 15.0. The molecule has 1 saturated heterocycles. The second-order valence-corrected chi connectivity index (χ2v) is 9.67. The zero-order chi connectivity index (χ0) is 22.2. The summed E-state index contributed by atoms with van der Waals surface area (Å²) in [6, 6.07) is 11.5. The highest BCUT2D eigenvalue weighted by molar-refractivity contribution is 6.38. The van der Waals surface area contributed by atoms with Gasteiger partial charge in [0.15, 0.2) is 0 Å². The number of ether oxygens (including phenoxy) is 3. The van der Waals surface area contributed by atoms with Crippen molar-refractivity contribution in [2.45, 2.75) is 44.8 Å². The Morgan fingerprint density at radius 3 is 2.32 bits per heavy atom. The lowest BCUT2D eigenvalue weighted by molar-refractivity contribution is -0.256. The minimum atomic E-state index is -1.50. The number of fused-ring (bicyclic) bond motifs is 2. The molecule has 0 aliphatic carbocycles. The Hall–Kier alpha value is -1.79. The van der Waals surface area contributed by atoms with Gasteiger partial charge in [0.2, 0.25) is 0 Å². The molecule has 0 unspecified atom stereocenters. The third kappa shape index (κ3) is 4.17. The highest BCUT2D eigenvalue weighted by Crippen LogP contribution is 2.51. The molecular weight excluding hydrogens is 437 g/mol. The molecule has 166 valence electrons. The van der Waals surface area contributed by atoms with Gasteiger partial charge in [-0.15, -0.1) is 0 Å². The maximum absolute atomic E-state index is 13.4. The summed E-state index contributed by atoms with van der Waals surface area (Å²) in [6.45, 7) is 8.26. The minimum absolute atomic E-state index is 0.0990. The van der Waals surface area contributed by atoms with Crippen molar-refractivity contribution in [1.29, 1.82) is 0 Å². The Morgan fingerprint density at radius 1 is 1.03 bits per heavy atom. The van der Waals surface area contributed by atoms with Crippen LogP contribution in [-0.2, 0) is 25.5 Å². The number of carbonyl (C=O) groups excluding carboxylic acids is 1. The van der Waals surface area contributed by atoms with Gasteiger partial charge in [-0.1, -0.05) is 56.1 Å². The van der Waals surface area contributed by atoms with Gasteiger partial charge in [0, 0.05) is 6.54 Å². The third-order valence-corrected chi connectivity index (χ3v) is 6.24. The Balaban J connectivity index is 1.46. The Labute approximate surface area is 193 Å². The molecule has 0 radical (unpaired) electrons. The summed E-state index contributed by atoms with van der Waals surface area (Å²) in [6.07, 6.45) is 1.34. The molecule has 2 aromatic carbocycles. The van der Waals surface area contributed by atoms with Crippen molar-refractivity contribution in [3.05, 3.63) is 57.6 Å². The highest BCUT2D eigenvalue weighted by atomic mass is 35.5. The van der Waals surface area contributed by atoms with Crippen molar-refractivity contribution in [1.82, 2.24) is 0 Å². The van der Waals surface area contributed by atoms with E-state index in [9.17, 15) is 4.79 Å². The summed E-state index contributed by atoms with van der Waals surface area (Å²) in [7, 11) is 0. The van der Waals surface area contributed by atoms with Crippen LogP contribution >= 0.6 is 23.2 Å². The molecule has 0 aromatic heterocycles. The molecule has 2 aliphatic rings. The Morgan fingerprint density at radius 2 is 1.68 bits per heavy atom. The first kappa shape index (κ1) is 22.4. The van der Waals surface area contributed by atoms with Crippen LogP contribution < -0.4 is 9.64 Å². The maximum atomic E-state index is 13.4. The fourth-order valence-corrected chi connectivity index (χ4v) is 4.52. The van der Waals surface area contributed by atoms with Crippen LogP contribution in [0.15, 0.2) is 36.4 Å². The first-order chi connectivity index (χ1) is 14.7. The van der Waals surface area contributed by atoms with Crippen molar-refractivity contribution in [3.8, 4) is 5.75 Å². The van der Waals surface area contributed by atoms with E-state index in [1.54, 1.807) is 17.0 Å². The predicted octanol–water partition coefficient (Wildman–Crippen LogP) is 5.70. The van der Waals surface area contributed by atoms with Crippen molar-refractivity contribution >= 4 is 34.8 Å². The van der Waals surface area contributed by atoms with E-state index in [2.05, 4.69) is 32.9 Å². The first-order valence-electron chi connectivity index (χ1n) is 10.6. The smallest absolute Gasteiger partial charge is 0.292 e. The normalized spacial score (nSPS) is 17.8.